The smallest absolute Gasteiger partial charge is 0.191 e. The Bertz CT molecular complexity index is 606. The van der Waals surface area contributed by atoms with Gasteiger partial charge in [0.25, 0.3) is 0 Å². The maximum atomic E-state index is 4.23. The van der Waals surface area contributed by atoms with Gasteiger partial charge < -0.3 is 15.2 Å². The van der Waals surface area contributed by atoms with E-state index >= 15 is 0 Å². The van der Waals surface area contributed by atoms with E-state index in [1.54, 1.807) is 24.7 Å². The molecule has 0 bridgehead atoms. The van der Waals surface area contributed by atoms with Crippen molar-refractivity contribution in [3.05, 3.63) is 32.9 Å². The Kier molecular flexibility index (Phi) is 6.85. The topological polar surface area (TPSA) is 67.1 Å². The molecule has 0 atom stereocenters. The number of thiophene rings is 1. The maximum Gasteiger partial charge on any atom is 0.191 e. The lowest BCUT2D eigenvalue weighted by Crippen LogP contribution is -2.39. The zero-order valence-corrected chi connectivity index (χ0v) is 15.2. The maximum absolute atomic E-state index is 4.23. The van der Waals surface area contributed by atoms with Crippen molar-refractivity contribution >= 4 is 33.2 Å². The fourth-order valence-electron chi connectivity index (χ4n) is 2.05. The van der Waals surface area contributed by atoms with E-state index in [1.165, 1.54) is 8.66 Å². The molecule has 0 aromatic carbocycles. The average molecular weight is 385 g/mol. The van der Waals surface area contributed by atoms with Gasteiger partial charge in [0.05, 0.1) is 3.79 Å². The van der Waals surface area contributed by atoms with E-state index < -0.39 is 0 Å². The lowest BCUT2D eigenvalue weighted by molar-refractivity contribution is 0.632. The molecule has 0 aliphatic carbocycles. The molecule has 0 radical (unpaired) electrons. The lowest BCUT2D eigenvalue weighted by atomic mass is 10.3. The monoisotopic (exact) mass is 384 g/mol. The van der Waals surface area contributed by atoms with Crippen LogP contribution in [0.2, 0.25) is 0 Å². The number of aryl methyl sites for hydroxylation is 1. The van der Waals surface area contributed by atoms with E-state index in [2.05, 4.69) is 65.4 Å². The first-order valence-electron chi connectivity index (χ1n) is 7.28. The van der Waals surface area contributed by atoms with Gasteiger partial charge >= 0.3 is 0 Å². The fraction of sp³-hybridized carbons (Fsp3) is 0.500. The van der Waals surface area contributed by atoms with Gasteiger partial charge in [0.1, 0.15) is 12.2 Å². The normalized spacial score (nSPS) is 11.7. The van der Waals surface area contributed by atoms with E-state index in [0.29, 0.717) is 0 Å². The number of guanidine groups is 1. The highest BCUT2D eigenvalue weighted by molar-refractivity contribution is 9.11. The van der Waals surface area contributed by atoms with Crippen molar-refractivity contribution in [2.45, 2.75) is 26.3 Å². The van der Waals surface area contributed by atoms with Gasteiger partial charge in [0, 0.05) is 38.0 Å². The molecule has 2 rings (SSSR count). The van der Waals surface area contributed by atoms with Crippen LogP contribution < -0.4 is 10.6 Å². The third-order valence-electron chi connectivity index (χ3n) is 3.17. The van der Waals surface area contributed by atoms with Crippen molar-refractivity contribution < 1.29 is 0 Å². The van der Waals surface area contributed by atoms with Crippen LogP contribution in [-0.2, 0) is 19.4 Å². The molecule has 2 heterocycles. The van der Waals surface area contributed by atoms with E-state index in [1.807, 2.05) is 0 Å². The number of aliphatic imine (C=N–C) groups is 1. The van der Waals surface area contributed by atoms with Gasteiger partial charge in [0.15, 0.2) is 5.96 Å². The highest BCUT2D eigenvalue weighted by atomic mass is 79.9. The third-order valence-corrected chi connectivity index (χ3v) is 4.86. The van der Waals surface area contributed by atoms with E-state index in [4.69, 9.17) is 0 Å². The minimum absolute atomic E-state index is 0.787. The van der Waals surface area contributed by atoms with Gasteiger partial charge in [-0.05, 0) is 34.5 Å². The first kappa shape index (κ1) is 17.0. The molecule has 0 spiro atoms. The molecule has 0 fully saturated rings. The van der Waals surface area contributed by atoms with Gasteiger partial charge in [-0.25, -0.2) is 0 Å². The second-order valence-corrected chi connectivity index (χ2v) is 7.22. The van der Waals surface area contributed by atoms with Crippen LogP contribution in [-0.4, -0.2) is 40.9 Å². The molecule has 0 saturated carbocycles. The Balaban J connectivity index is 1.69. The van der Waals surface area contributed by atoms with Crippen LogP contribution in [0.4, 0.5) is 0 Å². The quantitative estimate of drug-likeness (QED) is 0.566. The molecular weight excluding hydrogens is 364 g/mol. The summed E-state index contributed by atoms with van der Waals surface area (Å²) < 4.78 is 3.23. The van der Waals surface area contributed by atoms with Crippen LogP contribution in [0, 0.1) is 0 Å². The lowest BCUT2D eigenvalue weighted by Gasteiger charge is -2.12. The third kappa shape index (κ3) is 5.10. The van der Waals surface area contributed by atoms with Gasteiger partial charge in [-0.3, -0.25) is 4.99 Å². The van der Waals surface area contributed by atoms with Gasteiger partial charge in [-0.2, -0.15) is 0 Å². The number of halogens is 1. The summed E-state index contributed by atoms with van der Waals surface area (Å²) in [6, 6.07) is 4.22. The average Bonchev–Trinajstić information content (AvgIpc) is 3.14. The van der Waals surface area contributed by atoms with Crippen LogP contribution in [0.5, 0.6) is 0 Å². The minimum atomic E-state index is 0.787. The molecule has 120 valence electrons. The van der Waals surface area contributed by atoms with Crippen molar-refractivity contribution in [3.63, 3.8) is 0 Å². The highest BCUT2D eigenvalue weighted by Gasteiger charge is 2.03. The van der Waals surface area contributed by atoms with E-state index in [9.17, 15) is 0 Å². The molecule has 0 amide bonds. The summed E-state index contributed by atoms with van der Waals surface area (Å²) in [6.07, 6.45) is 3.65. The number of hydrogen-bond donors (Lipinski definition) is 2. The van der Waals surface area contributed by atoms with Crippen LogP contribution >= 0.6 is 27.3 Å². The second-order valence-electron chi connectivity index (χ2n) is 4.68. The van der Waals surface area contributed by atoms with Gasteiger partial charge in [0.2, 0.25) is 0 Å². The molecule has 8 heteroatoms. The summed E-state index contributed by atoms with van der Waals surface area (Å²) in [5.41, 5.74) is 0. The standard InChI is InChI=1S/C14H21BrN6S/c1-3-13-20-19-10-21(13)9-8-18-14(16-2)17-7-6-11-4-5-12(15)22-11/h4-5,10H,3,6-9H2,1-2H3,(H2,16,17,18). The summed E-state index contributed by atoms with van der Waals surface area (Å²) >= 11 is 5.25. The number of rotatable bonds is 7. The first-order chi connectivity index (χ1) is 10.7. The van der Waals surface area contributed by atoms with Crippen LogP contribution in [0.25, 0.3) is 0 Å². The van der Waals surface area contributed by atoms with Crippen LogP contribution in [0.1, 0.15) is 17.6 Å². The highest BCUT2D eigenvalue weighted by Crippen LogP contribution is 2.21. The molecule has 0 aliphatic rings. The molecule has 22 heavy (non-hydrogen) atoms. The number of nitrogens with one attached hydrogen (secondary N) is 2. The number of nitrogens with zero attached hydrogens (tertiary/aromatic N) is 4. The Morgan fingerprint density at radius 2 is 2.18 bits per heavy atom. The molecule has 2 aromatic heterocycles. The predicted molar refractivity (Wildman–Crippen MR) is 94.5 cm³/mol. The van der Waals surface area contributed by atoms with Crippen LogP contribution in [0.15, 0.2) is 27.2 Å². The summed E-state index contributed by atoms with van der Waals surface area (Å²) in [5, 5.41) is 14.6. The Morgan fingerprint density at radius 1 is 1.36 bits per heavy atom. The second kappa shape index (κ2) is 8.89. The summed E-state index contributed by atoms with van der Waals surface area (Å²) in [6.45, 7) is 4.56. The van der Waals surface area contributed by atoms with Gasteiger partial charge in [-0.15, -0.1) is 21.5 Å². The molecule has 0 saturated heterocycles. The molecule has 2 N–H and O–H groups in total. The largest absolute Gasteiger partial charge is 0.356 e. The van der Waals surface area contributed by atoms with Crippen molar-refractivity contribution in [1.82, 2.24) is 25.4 Å². The number of hydrogen-bond acceptors (Lipinski definition) is 4. The molecular formula is C14H21BrN6S. The minimum Gasteiger partial charge on any atom is -0.356 e. The Labute approximate surface area is 143 Å². The van der Waals surface area contributed by atoms with Crippen molar-refractivity contribution in [1.29, 1.82) is 0 Å². The summed E-state index contributed by atoms with van der Waals surface area (Å²) in [5.74, 6) is 1.83. The predicted octanol–water partition coefficient (Wildman–Crippen LogP) is 2.07. The van der Waals surface area contributed by atoms with Crippen molar-refractivity contribution in [2.24, 2.45) is 4.99 Å². The van der Waals surface area contributed by atoms with E-state index in [-0.39, 0.29) is 0 Å². The fourth-order valence-corrected chi connectivity index (χ4v) is 3.53. The summed E-state index contributed by atoms with van der Waals surface area (Å²) in [4.78, 5) is 5.59. The first-order valence-corrected chi connectivity index (χ1v) is 8.89. The number of aromatic nitrogens is 3. The zero-order chi connectivity index (χ0) is 15.8. The SMILES string of the molecule is CCc1nncn1CCNC(=NC)NCCc1ccc(Br)s1. The summed E-state index contributed by atoms with van der Waals surface area (Å²) in [7, 11) is 1.79. The Morgan fingerprint density at radius 3 is 2.86 bits per heavy atom. The molecule has 2 aromatic rings. The molecule has 6 nitrogen and oxygen atoms in total. The Hall–Kier alpha value is -1.41. The van der Waals surface area contributed by atoms with Crippen molar-refractivity contribution in [2.75, 3.05) is 20.1 Å². The zero-order valence-electron chi connectivity index (χ0n) is 12.8. The van der Waals surface area contributed by atoms with Crippen LogP contribution in [0.3, 0.4) is 0 Å². The van der Waals surface area contributed by atoms with Crippen molar-refractivity contribution in [3.8, 4) is 0 Å². The van der Waals surface area contributed by atoms with Gasteiger partial charge in [-0.1, -0.05) is 6.92 Å². The molecule has 0 aliphatic heterocycles. The van der Waals surface area contributed by atoms with E-state index in [0.717, 1.165) is 44.3 Å². The molecule has 0 unspecified atom stereocenters.